The zero-order valence-electron chi connectivity index (χ0n) is 16.9. The van der Waals surface area contributed by atoms with Crippen LogP contribution in [0.1, 0.15) is 18.1 Å². The van der Waals surface area contributed by atoms with E-state index in [2.05, 4.69) is 28.5 Å². The second-order valence-electron chi connectivity index (χ2n) is 6.45. The predicted octanol–water partition coefficient (Wildman–Crippen LogP) is 4.85. The summed E-state index contributed by atoms with van der Waals surface area (Å²) in [5.74, 6) is 2.94. The number of non-ortho nitro benzene ring substituents is 1. The van der Waals surface area contributed by atoms with Crippen LogP contribution in [0.3, 0.4) is 0 Å². The summed E-state index contributed by atoms with van der Waals surface area (Å²) in [6.07, 6.45) is 6.88. The molecule has 0 N–H and O–H groups in total. The number of thioether (sulfide) groups is 1. The Balaban J connectivity index is 1.86. The van der Waals surface area contributed by atoms with Crippen LogP contribution in [0, 0.1) is 26.0 Å². The Morgan fingerprint density at radius 2 is 2.06 bits per heavy atom. The van der Waals surface area contributed by atoms with E-state index in [4.69, 9.17) is 15.9 Å². The minimum Gasteiger partial charge on any atom is -0.490 e. The van der Waals surface area contributed by atoms with Crippen molar-refractivity contribution in [3.8, 4) is 23.8 Å². The van der Waals surface area contributed by atoms with Gasteiger partial charge in [0.05, 0.1) is 26.6 Å². The Bertz CT molecular complexity index is 1160. The maximum Gasteiger partial charge on any atom is 0.293 e. The third-order valence-electron chi connectivity index (χ3n) is 4.26. The number of benzene rings is 2. The van der Waals surface area contributed by atoms with E-state index in [1.54, 1.807) is 24.3 Å². The van der Waals surface area contributed by atoms with Gasteiger partial charge in [0, 0.05) is 12.1 Å². The van der Waals surface area contributed by atoms with Crippen LogP contribution in [0.2, 0.25) is 0 Å². The number of hydrogen-bond acceptors (Lipinski definition) is 7. The molecule has 0 unspecified atom stereocenters. The van der Waals surface area contributed by atoms with Gasteiger partial charge in [-0.3, -0.25) is 24.6 Å². The molecule has 2 aromatic carbocycles. The normalized spacial score (nSPS) is 14.5. The van der Waals surface area contributed by atoms with Gasteiger partial charge in [-0.25, -0.2) is 0 Å². The van der Waals surface area contributed by atoms with Gasteiger partial charge in [-0.1, -0.05) is 18.1 Å². The summed E-state index contributed by atoms with van der Waals surface area (Å²) in [6, 6.07) is 9.36. The van der Waals surface area contributed by atoms with Crippen LogP contribution in [0.15, 0.2) is 41.3 Å². The van der Waals surface area contributed by atoms with Crippen molar-refractivity contribution in [2.75, 3.05) is 13.2 Å². The summed E-state index contributed by atoms with van der Waals surface area (Å²) in [6.45, 7) is 2.28. The summed E-state index contributed by atoms with van der Waals surface area (Å²) in [7, 11) is 0. The first kappa shape index (κ1) is 23.6. The van der Waals surface area contributed by atoms with E-state index in [-0.39, 0.29) is 23.7 Å². The first-order valence-electron chi connectivity index (χ1n) is 9.35. The molecule has 1 heterocycles. The molecule has 1 saturated heterocycles. The number of nitro groups is 1. The molecule has 32 heavy (non-hydrogen) atoms. The number of halogens is 1. The quantitative estimate of drug-likeness (QED) is 0.149. The average molecular weight is 564 g/mol. The molecular formula is C22H17IN2O6S. The van der Waals surface area contributed by atoms with Crippen molar-refractivity contribution in [1.29, 1.82) is 0 Å². The van der Waals surface area contributed by atoms with Gasteiger partial charge in [0.15, 0.2) is 11.5 Å². The summed E-state index contributed by atoms with van der Waals surface area (Å²) in [5, 5.41) is 10.5. The van der Waals surface area contributed by atoms with Gasteiger partial charge in [0.2, 0.25) is 0 Å². The molecule has 8 nitrogen and oxygen atoms in total. The van der Waals surface area contributed by atoms with Gasteiger partial charge in [0.1, 0.15) is 6.61 Å². The maximum absolute atomic E-state index is 12.8. The molecule has 0 aromatic heterocycles. The van der Waals surface area contributed by atoms with Crippen LogP contribution in [0.5, 0.6) is 11.5 Å². The number of amides is 2. The van der Waals surface area contributed by atoms with E-state index < -0.39 is 16.1 Å². The molecule has 0 spiro atoms. The summed E-state index contributed by atoms with van der Waals surface area (Å²) >= 11 is 2.90. The number of carbonyl (C=O) groups excluding carboxylic acids is 2. The first-order chi connectivity index (χ1) is 15.3. The molecule has 0 aliphatic carbocycles. The molecule has 2 aromatic rings. The largest absolute Gasteiger partial charge is 0.490 e. The van der Waals surface area contributed by atoms with Crippen LogP contribution >= 0.6 is 34.4 Å². The lowest BCUT2D eigenvalue weighted by atomic mass is 10.1. The smallest absolute Gasteiger partial charge is 0.293 e. The van der Waals surface area contributed by atoms with E-state index in [0.717, 1.165) is 20.2 Å². The third kappa shape index (κ3) is 5.41. The molecular weight excluding hydrogens is 547 g/mol. The number of terminal acetylenes is 1. The Labute approximate surface area is 202 Å². The highest BCUT2D eigenvalue weighted by molar-refractivity contribution is 14.1. The number of rotatable bonds is 8. The summed E-state index contributed by atoms with van der Waals surface area (Å²) in [5.41, 5.74) is 1.05. The number of nitrogens with zero attached hydrogens (tertiary/aromatic N) is 2. The van der Waals surface area contributed by atoms with Crippen molar-refractivity contribution in [1.82, 2.24) is 4.90 Å². The molecule has 2 amide bonds. The fourth-order valence-electron chi connectivity index (χ4n) is 2.93. The summed E-state index contributed by atoms with van der Waals surface area (Å²) in [4.78, 5) is 37.1. The second kappa shape index (κ2) is 10.5. The Morgan fingerprint density at radius 3 is 2.75 bits per heavy atom. The van der Waals surface area contributed by atoms with Gasteiger partial charge >= 0.3 is 0 Å². The molecule has 10 heteroatoms. The zero-order valence-corrected chi connectivity index (χ0v) is 19.8. The Hall–Kier alpha value is -3.04. The topological polar surface area (TPSA) is 99.0 Å². The second-order valence-corrected chi connectivity index (χ2v) is 8.61. The molecule has 1 fully saturated rings. The van der Waals surface area contributed by atoms with Gasteiger partial charge < -0.3 is 9.47 Å². The average Bonchev–Trinajstić information content (AvgIpc) is 3.01. The standard InChI is InChI=1S/C22H17IN2O6S/c1-3-8-31-20-17(23)10-15(11-18(20)30-4-2)12-19-21(26)24(22(27)32-19)13-14-6-5-7-16(9-14)25(28)29/h1,5-7,9-12H,4,8,13H2,2H3/b19-12+. The van der Waals surface area contributed by atoms with Crippen molar-refractivity contribution >= 4 is 57.3 Å². The lowest BCUT2D eigenvalue weighted by Crippen LogP contribution is -2.27. The number of nitro benzene ring substituents is 1. The van der Waals surface area contributed by atoms with Crippen molar-refractivity contribution in [2.45, 2.75) is 13.5 Å². The molecule has 164 valence electrons. The number of ether oxygens (including phenoxy) is 2. The van der Waals surface area contributed by atoms with Crippen LogP contribution in [-0.4, -0.2) is 34.2 Å². The first-order valence-corrected chi connectivity index (χ1v) is 11.2. The maximum atomic E-state index is 12.8. The minimum absolute atomic E-state index is 0.0513. The number of carbonyl (C=O) groups is 2. The molecule has 0 saturated carbocycles. The van der Waals surface area contributed by atoms with Crippen LogP contribution in [0.25, 0.3) is 6.08 Å². The Kier molecular flexibility index (Phi) is 7.76. The zero-order chi connectivity index (χ0) is 23.3. The van der Waals surface area contributed by atoms with Crippen molar-refractivity contribution in [3.05, 3.63) is 66.1 Å². The van der Waals surface area contributed by atoms with Crippen LogP contribution in [0.4, 0.5) is 10.5 Å². The van der Waals surface area contributed by atoms with E-state index in [1.165, 1.54) is 18.2 Å². The van der Waals surface area contributed by atoms with Crippen molar-refractivity contribution in [3.63, 3.8) is 0 Å². The molecule has 1 aliphatic rings. The molecule has 0 bridgehead atoms. The number of hydrogen-bond donors (Lipinski definition) is 0. The lowest BCUT2D eigenvalue weighted by Gasteiger charge is -2.13. The Morgan fingerprint density at radius 1 is 1.28 bits per heavy atom. The van der Waals surface area contributed by atoms with Gasteiger partial charge in [-0.05, 0) is 70.6 Å². The number of imide groups is 1. The lowest BCUT2D eigenvalue weighted by molar-refractivity contribution is -0.384. The van der Waals surface area contributed by atoms with E-state index in [0.29, 0.717) is 29.2 Å². The highest BCUT2D eigenvalue weighted by atomic mass is 127. The molecule has 0 radical (unpaired) electrons. The van der Waals surface area contributed by atoms with Crippen molar-refractivity contribution in [2.24, 2.45) is 0 Å². The highest BCUT2D eigenvalue weighted by Gasteiger charge is 2.35. The molecule has 0 atom stereocenters. The molecule has 1 aliphatic heterocycles. The van der Waals surface area contributed by atoms with Gasteiger partial charge in [-0.2, -0.15) is 0 Å². The van der Waals surface area contributed by atoms with E-state index in [9.17, 15) is 19.7 Å². The van der Waals surface area contributed by atoms with Crippen LogP contribution < -0.4 is 9.47 Å². The monoisotopic (exact) mass is 564 g/mol. The van der Waals surface area contributed by atoms with E-state index >= 15 is 0 Å². The fourth-order valence-corrected chi connectivity index (χ4v) is 4.55. The molecule has 3 rings (SSSR count). The fraction of sp³-hybridized carbons (Fsp3) is 0.182. The third-order valence-corrected chi connectivity index (χ3v) is 5.97. The van der Waals surface area contributed by atoms with Gasteiger partial charge in [0.25, 0.3) is 16.8 Å². The highest BCUT2D eigenvalue weighted by Crippen LogP contribution is 2.38. The summed E-state index contributed by atoms with van der Waals surface area (Å²) < 4.78 is 12.0. The minimum atomic E-state index is -0.522. The van der Waals surface area contributed by atoms with E-state index in [1.807, 2.05) is 6.92 Å². The van der Waals surface area contributed by atoms with Gasteiger partial charge in [-0.15, -0.1) is 6.42 Å². The van der Waals surface area contributed by atoms with Crippen LogP contribution in [-0.2, 0) is 11.3 Å². The van der Waals surface area contributed by atoms with Crippen molar-refractivity contribution < 1.29 is 24.0 Å². The SMILES string of the molecule is C#CCOc1c(I)cc(/C=C2/SC(=O)N(Cc3cccc([N+](=O)[O-])c3)C2=O)cc1OCC. The predicted molar refractivity (Wildman–Crippen MR) is 129 cm³/mol.